The fraction of sp³-hybridized carbons (Fsp3) is 0.308. The van der Waals surface area contributed by atoms with Crippen LogP contribution in [-0.2, 0) is 0 Å². The molecule has 0 unspecified atom stereocenters. The number of benzene rings is 2. The molecular weight excluding hydrogens is 376 g/mol. The predicted octanol–water partition coefficient (Wildman–Crippen LogP) is 5.83. The van der Waals surface area contributed by atoms with Gasteiger partial charge < -0.3 is 10.2 Å². The summed E-state index contributed by atoms with van der Waals surface area (Å²) in [4.78, 5) is 23.1. The van der Waals surface area contributed by atoms with Crippen LogP contribution in [0.1, 0.15) is 84.2 Å². The van der Waals surface area contributed by atoms with Gasteiger partial charge >= 0.3 is 11.9 Å². The lowest BCUT2D eigenvalue weighted by Gasteiger charge is -2.11. The third kappa shape index (κ3) is 6.26. The van der Waals surface area contributed by atoms with Crippen molar-refractivity contribution in [3.63, 3.8) is 0 Å². The normalized spacial score (nSPS) is 9.80. The first-order valence-corrected chi connectivity index (χ1v) is 10.2. The molecule has 0 aliphatic heterocycles. The molecule has 0 spiro atoms. The van der Waals surface area contributed by atoms with Crippen LogP contribution >= 0.6 is 0 Å². The lowest BCUT2D eigenvalue weighted by Crippen LogP contribution is -2.01. The molecule has 154 valence electrons. The maximum atomic E-state index is 11.5. The van der Waals surface area contributed by atoms with E-state index in [0.717, 1.165) is 38.5 Å². The lowest BCUT2D eigenvalue weighted by molar-refractivity contribution is 0.0686. The van der Waals surface area contributed by atoms with E-state index in [1.165, 1.54) is 12.1 Å². The Hall–Kier alpha value is -3.50. The van der Waals surface area contributed by atoms with Gasteiger partial charge in [0.15, 0.2) is 0 Å². The minimum atomic E-state index is -1.05. The third-order valence-electron chi connectivity index (χ3n) is 4.58. The van der Waals surface area contributed by atoms with Crippen molar-refractivity contribution >= 4 is 11.9 Å². The van der Waals surface area contributed by atoms with Crippen molar-refractivity contribution in [2.24, 2.45) is 0 Å². The topological polar surface area (TPSA) is 74.6 Å². The quantitative estimate of drug-likeness (QED) is 0.451. The Morgan fingerprint density at radius 2 is 1.13 bits per heavy atom. The van der Waals surface area contributed by atoms with Crippen molar-refractivity contribution in [1.82, 2.24) is 0 Å². The van der Waals surface area contributed by atoms with Crippen molar-refractivity contribution < 1.29 is 19.8 Å². The summed E-state index contributed by atoms with van der Waals surface area (Å²) >= 11 is 0. The molecule has 0 atom stereocenters. The van der Waals surface area contributed by atoms with Gasteiger partial charge in [0, 0.05) is 24.0 Å². The standard InChI is InChI=1S/C26H26O4/c1-3-5-7-9-11-19-13-15-21(25(27)28)17-23(19)24-18-22(26(29)30)16-14-20(24)12-10-8-6-4-2/h13-18H,3-8H2,1-2H3,(H,27,28)(H,29,30). The summed E-state index contributed by atoms with van der Waals surface area (Å²) in [5.74, 6) is 10.4. The van der Waals surface area contributed by atoms with Crippen molar-refractivity contribution in [3.8, 4) is 34.8 Å². The van der Waals surface area contributed by atoms with Gasteiger partial charge in [-0.2, -0.15) is 0 Å². The molecule has 0 heterocycles. The molecule has 2 rings (SSSR count). The summed E-state index contributed by atoms with van der Waals surface area (Å²) in [6.07, 6.45) is 5.54. The number of rotatable bonds is 7. The molecule has 0 aliphatic rings. The van der Waals surface area contributed by atoms with Crippen LogP contribution in [0.2, 0.25) is 0 Å². The Bertz CT molecular complexity index is 957. The van der Waals surface area contributed by atoms with Crippen molar-refractivity contribution in [3.05, 3.63) is 58.7 Å². The van der Waals surface area contributed by atoms with E-state index in [4.69, 9.17) is 0 Å². The van der Waals surface area contributed by atoms with Crippen LogP contribution in [0.25, 0.3) is 11.1 Å². The molecule has 0 radical (unpaired) electrons. The smallest absolute Gasteiger partial charge is 0.335 e. The molecule has 2 N–H and O–H groups in total. The van der Waals surface area contributed by atoms with E-state index < -0.39 is 11.9 Å². The Morgan fingerprint density at radius 3 is 1.47 bits per heavy atom. The van der Waals surface area contributed by atoms with Crippen LogP contribution in [0.15, 0.2) is 36.4 Å². The van der Waals surface area contributed by atoms with Gasteiger partial charge in [-0.05, 0) is 60.4 Å². The molecule has 2 aromatic carbocycles. The van der Waals surface area contributed by atoms with Gasteiger partial charge in [0.1, 0.15) is 0 Å². The Labute approximate surface area is 178 Å². The van der Waals surface area contributed by atoms with Crippen LogP contribution in [0.3, 0.4) is 0 Å². The number of carboxylic acid groups (broad SMARTS) is 2. The minimum Gasteiger partial charge on any atom is -0.478 e. The highest BCUT2D eigenvalue weighted by Crippen LogP contribution is 2.29. The van der Waals surface area contributed by atoms with Gasteiger partial charge in [-0.1, -0.05) is 50.4 Å². The minimum absolute atomic E-state index is 0.120. The largest absolute Gasteiger partial charge is 0.478 e. The van der Waals surface area contributed by atoms with Crippen molar-refractivity contribution in [1.29, 1.82) is 0 Å². The van der Waals surface area contributed by atoms with Gasteiger partial charge in [0.25, 0.3) is 0 Å². The second-order valence-electron chi connectivity index (χ2n) is 6.94. The van der Waals surface area contributed by atoms with Gasteiger partial charge in [0.05, 0.1) is 11.1 Å². The SMILES string of the molecule is CCCCC#Cc1ccc(C(=O)O)cc1-c1cc(C(=O)O)ccc1C#CCCCC. The molecule has 0 aromatic heterocycles. The molecule has 2 aromatic rings. The highest BCUT2D eigenvalue weighted by molar-refractivity contribution is 5.93. The second-order valence-corrected chi connectivity index (χ2v) is 6.94. The summed E-state index contributed by atoms with van der Waals surface area (Å²) < 4.78 is 0. The van der Waals surface area contributed by atoms with E-state index in [9.17, 15) is 19.8 Å². The Kier molecular flexibility index (Phi) is 8.73. The highest BCUT2D eigenvalue weighted by Gasteiger charge is 2.14. The van der Waals surface area contributed by atoms with E-state index in [0.29, 0.717) is 22.3 Å². The summed E-state index contributed by atoms with van der Waals surface area (Å²) in [6, 6.07) is 9.49. The zero-order chi connectivity index (χ0) is 21.9. The van der Waals surface area contributed by atoms with Gasteiger partial charge in [-0.3, -0.25) is 0 Å². The molecule has 0 fully saturated rings. The second kappa shape index (κ2) is 11.5. The van der Waals surface area contributed by atoms with E-state index in [1.54, 1.807) is 24.3 Å². The summed E-state index contributed by atoms with van der Waals surface area (Å²) in [5.41, 5.74) is 2.73. The molecular formula is C26H26O4. The number of carbonyl (C=O) groups is 2. The molecule has 0 aliphatic carbocycles. The first-order valence-electron chi connectivity index (χ1n) is 10.2. The van der Waals surface area contributed by atoms with Gasteiger partial charge in [-0.15, -0.1) is 0 Å². The Morgan fingerprint density at radius 1 is 0.733 bits per heavy atom. The van der Waals surface area contributed by atoms with Crippen LogP contribution in [0.5, 0.6) is 0 Å². The molecule has 30 heavy (non-hydrogen) atoms. The number of aromatic carboxylic acids is 2. The van der Waals surface area contributed by atoms with Gasteiger partial charge in [0.2, 0.25) is 0 Å². The molecule has 0 saturated heterocycles. The maximum Gasteiger partial charge on any atom is 0.335 e. The molecule has 0 saturated carbocycles. The zero-order valence-corrected chi connectivity index (χ0v) is 17.4. The summed E-state index contributed by atoms with van der Waals surface area (Å²) in [5, 5.41) is 18.9. The van der Waals surface area contributed by atoms with E-state index in [2.05, 4.69) is 37.5 Å². The molecule has 0 bridgehead atoms. The molecule has 4 nitrogen and oxygen atoms in total. The number of unbranched alkanes of at least 4 members (excludes halogenated alkanes) is 4. The van der Waals surface area contributed by atoms with Gasteiger partial charge in [-0.25, -0.2) is 9.59 Å². The van der Waals surface area contributed by atoms with Crippen LogP contribution < -0.4 is 0 Å². The predicted molar refractivity (Wildman–Crippen MR) is 119 cm³/mol. The monoisotopic (exact) mass is 402 g/mol. The zero-order valence-electron chi connectivity index (χ0n) is 17.4. The fourth-order valence-electron chi connectivity index (χ4n) is 2.86. The van der Waals surface area contributed by atoms with E-state index >= 15 is 0 Å². The average molecular weight is 402 g/mol. The van der Waals surface area contributed by atoms with E-state index in [-0.39, 0.29) is 11.1 Å². The number of hydrogen-bond donors (Lipinski definition) is 2. The van der Waals surface area contributed by atoms with E-state index in [1.807, 2.05) is 0 Å². The molecule has 4 heteroatoms. The fourth-order valence-corrected chi connectivity index (χ4v) is 2.86. The van der Waals surface area contributed by atoms with Crippen LogP contribution in [0.4, 0.5) is 0 Å². The Balaban J connectivity index is 2.67. The number of carboxylic acids is 2. The third-order valence-corrected chi connectivity index (χ3v) is 4.58. The number of hydrogen-bond acceptors (Lipinski definition) is 2. The first kappa shape index (κ1) is 22.8. The average Bonchev–Trinajstić information content (AvgIpc) is 2.74. The summed E-state index contributed by atoms with van der Waals surface area (Å²) in [6.45, 7) is 4.19. The molecule has 0 amide bonds. The lowest BCUT2D eigenvalue weighted by atomic mass is 9.92. The van der Waals surface area contributed by atoms with Crippen molar-refractivity contribution in [2.75, 3.05) is 0 Å². The first-order chi connectivity index (χ1) is 14.5. The van der Waals surface area contributed by atoms with Crippen LogP contribution in [-0.4, -0.2) is 22.2 Å². The van der Waals surface area contributed by atoms with Crippen LogP contribution in [0, 0.1) is 23.7 Å². The van der Waals surface area contributed by atoms with Crippen molar-refractivity contribution in [2.45, 2.75) is 52.4 Å². The maximum absolute atomic E-state index is 11.5. The highest BCUT2D eigenvalue weighted by atomic mass is 16.4. The summed E-state index contributed by atoms with van der Waals surface area (Å²) in [7, 11) is 0.